The van der Waals surface area contributed by atoms with E-state index in [1.54, 1.807) is 18.4 Å². The van der Waals surface area contributed by atoms with Gasteiger partial charge >= 0.3 is 0 Å². The number of likely N-dealkylation sites (tertiary alicyclic amines) is 1. The fourth-order valence-corrected chi connectivity index (χ4v) is 5.53. The minimum Gasteiger partial charge on any atom is -0.494 e. The minimum atomic E-state index is -2.86. The monoisotopic (exact) mass is 635 g/mol. The predicted octanol–water partition coefficient (Wildman–Crippen LogP) is 4.60. The Hall–Kier alpha value is -4.45. The number of aliphatic hydroxyl groups excluding tert-OH is 1. The maximum atomic E-state index is 13.7. The van der Waals surface area contributed by atoms with Crippen LogP contribution in [0.5, 0.6) is 5.75 Å². The summed E-state index contributed by atoms with van der Waals surface area (Å²) in [4.78, 5) is 25.5. The number of ether oxygens (including phenoxy) is 2. The van der Waals surface area contributed by atoms with Gasteiger partial charge in [0.25, 0.3) is 12.3 Å². The van der Waals surface area contributed by atoms with E-state index in [2.05, 4.69) is 49.3 Å². The number of allylic oxidation sites excluding steroid dienone is 1. The molecule has 0 radical (unpaired) electrons. The molecule has 3 aromatic rings. The number of nitrogens with zero attached hydrogens (tertiary/aromatic N) is 6. The van der Waals surface area contributed by atoms with Crippen LogP contribution < -0.4 is 15.0 Å². The molecule has 1 unspecified atom stereocenters. The van der Waals surface area contributed by atoms with Crippen molar-refractivity contribution >= 4 is 28.2 Å². The Morgan fingerprint density at radius 1 is 1.13 bits per heavy atom. The van der Waals surface area contributed by atoms with Gasteiger partial charge in [-0.15, -0.1) is 10.2 Å². The number of carbonyl (C=O) groups is 1. The van der Waals surface area contributed by atoms with Gasteiger partial charge in [0.05, 0.1) is 18.9 Å². The van der Waals surface area contributed by atoms with Gasteiger partial charge in [0.1, 0.15) is 29.1 Å². The number of alkyl halides is 2. The molecule has 3 aromatic heterocycles. The molecule has 1 saturated carbocycles. The third kappa shape index (κ3) is 7.28. The minimum absolute atomic E-state index is 0.0518. The van der Waals surface area contributed by atoms with Crippen LogP contribution in [0.15, 0.2) is 48.6 Å². The van der Waals surface area contributed by atoms with Gasteiger partial charge in [-0.1, -0.05) is 17.3 Å². The summed E-state index contributed by atoms with van der Waals surface area (Å²) >= 11 is 1.13. The van der Waals surface area contributed by atoms with Crippen LogP contribution in [-0.2, 0) is 4.74 Å². The van der Waals surface area contributed by atoms with Crippen molar-refractivity contribution in [3.05, 3.63) is 64.9 Å². The molecule has 11 nitrogen and oxygen atoms in total. The number of hydrogen-bond acceptors (Lipinski definition) is 11. The second kappa shape index (κ2) is 13.3. The number of pyridine rings is 2. The fraction of sp³-hybridized carbons (Fsp3) is 0.387. The Morgan fingerprint density at radius 3 is 2.64 bits per heavy atom. The Kier molecular flexibility index (Phi) is 9.02. The molecular weight excluding hydrogens is 604 g/mol. The quantitative estimate of drug-likeness (QED) is 0.339. The lowest BCUT2D eigenvalue weighted by Gasteiger charge is -2.32. The summed E-state index contributed by atoms with van der Waals surface area (Å²) in [5.74, 6) is 6.83. The van der Waals surface area contributed by atoms with E-state index in [1.807, 2.05) is 0 Å². The molecule has 14 heteroatoms. The lowest BCUT2D eigenvalue weighted by atomic mass is 9.99. The molecule has 234 valence electrons. The third-order valence-corrected chi connectivity index (χ3v) is 8.35. The van der Waals surface area contributed by atoms with Gasteiger partial charge < -0.3 is 24.4 Å². The summed E-state index contributed by atoms with van der Waals surface area (Å²) in [5, 5.41) is 22.5. The van der Waals surface area contributed by atoms with Crippen molar-refractivity contribution in [3.8, 4) is 28.7 Å². The van der Waals surface area contributed by atoms with E-state index < -0.39 is 24.3 Å². The number of nitrogens with one attached hydrogen (secondary N) is 1. The molecule has 45 heavy (non-hydrogen) atoms. The zero-order valence-electron chi connectivity index (χ0n) is 24.6. The number of aromatic nitrogens is 4. The molecule has 0 spiro atoms. The number of halogens is 2. The van der Waals surface area contributed by atoms with E-state index >= 15 is 0 Å². The molecule has 6 rings (SSSR count). The highest BCUT2D eigenvalue weighted by atomic mass is 32.1. The molecular formula is C31H31F2N7O4S. The van der Waals surface area contributed by atoms with Gasteiger partial charge in [-0.05, 0) is 56.9 Å². The predicted molar refractivity (Wildman–Crippen MR) is 164 cm³/mol. The molecule has 2 aliphatic heterocycles. The number of methoxy groups -OCH3 is 1. The first-order valence-electron chi connectivity index (χ1n) is 14.5. The first-order valence-corrected chi connectivity index (χ1v) is 15.3. The average Bonchev–Trinajstić information content (AvgIpc) is 3.77. The molecule has 1 saturated heterocycles. The van der Waals surface area contributed by atoms with E-state index in [0.29, 0.717) is 16.7 Å². The Morgan fingerprint density at radius 2 is 1.93 bits per heavy atom. The van der Waals surface area contributed by atoms with E-state index in [-0.39, 0.29) is 39.5 Å². The number of amides is 1. The standard InChI is InChI=1S/C31H31F2N7O4S/c1-39-10-7-19(8-11-39)44-20-9-12-40(28(41)13-20)26-15-21(22-14-24(29(32)33)34-17-25(22)43-2)23(16-35-26)30(42)36-31-38-37-27(45-31)6-5-18-3-4-18/h9,12-19,28-29,41H,3-4,7-8,10-11H2,1-2H3,(H,36,38,42). The zero-order valence-corrected chi connectivity index (χ0v) is 25.4. The smallest absolute Gasteiger partial charge is 0.280 e. The van der Waals surface area contributed by atoms with Crippen molar-refractivity contribution in [1.29, 1.82) is 0 Å². The van der Waals surface area contributed by atoms with Gasteiger partial charge in [-0.3, -0.25) is 15.1 Å². The number of rotatable bonds is 8. The number of anilines is 2. The van der Waals surface area contributed by atoms with Crippen LogP contribution in [0.2, 0.25) is 0 Å². The maximum Gasteiger partial charge on any atom is 0.280 e. The van der Waals surface area contributed by atoms with Gasteiger partial charge in [-0.25, -0.2) is 13.8 Å². The molecule has 2 N–H and O–H groups in total. The second-order valence-corrected chi connectivity index (χ2v) is 11.9. The largest absolute Gasteiger partial charge is 0.494 e. The zero-order chi connectivity index (χ0) is 31.5. The third-order valence-electron chi connectivity index (χ3n) is 7.59. The van der Waals surface area contributed by atoms with Crippen LogP contribution >= 0.6 is 11.3 Å². The van der Waals surface area contributed by atoms with Crippen molar-refractivity contribution < 1.29 is 28.2 Å². The van der Waals surface area contributed by atoms with Crippen molar-refractivity contribution in [2.75, 3.05) is 37.5 Å². The van der Waals surface area contributed by atoms with Crippen LogP contribution in [0.3, 0.4) is 0 Å². The maximum absolute atomic E-state index is 13.7. The van der Waals surface area contributed by atoms with Gasteiger partial charge in [-0.2, -0.15) is 0 Å². The van der Waals surface area contributed by atoms with Crippen molar-refractivity contribution in [2.45, 2.75) is 44.4 Å². The van der Waals surface area contributed by atoms with Crippen molar-refractivity contribution in [2.24, 2.45) is 5.92 Å². The van der Waals surface area contributed by atoms with Gasteiger partial charge in [0, 0.05) is 48.6 Å². The first-order chi connectivity index (χ1) is 21.8. The summed E-state index contributed by atoms with van der Waals surface area (Å²) in [6, 6.07) is 2.70. The summed E-state index contributed by atoms with van der Waals surface area (Å²) < 4.78 is 39.0. The van der Waals surface area contributed by atoms with Gasteiger partial charge in [0.15, 0.2) is 11.2 Å². The van der Waals surface area contributed by atoms with Crippen molar-refractivity contribution in [3.63, 3.8) is 0 Å². The highest BCUT2D eigenvalue weighted by molar-refractivity contribution is 7.15. The van der Waals surface area contributed by atoms with Crippen LogP contribution in [0.1, 0.15) is 53.2 Å². The molecule has 2 fully saturated rings. The summed E-state index contributed by atoms with van der Waals surface area (Å²) in [6.45, 7) is 1.87. The lowest BCUT2D eigenvalue weighted by molar-refractivity contribution is 0.0607. The number of hydrogen-bond donors (Lipinski definition) is 2. The first kappa shape index (κ1) is 30.6. The second-order valence-electron chi connectivity index (χ2n) is 10.9. The number of carbonyl (C=O) groups excluding carboxylic acids is 1. The summed E-state index contributed by atoms with van der Waals surface area (Å²) in [5.41, 5.74) is -0.00586. The Bertz CT molecular complexity index is 1690. The fourth-order valence-electron chi connectivity index (χ4n) is 4.93. The van der Waals surface area contributed by atoms with Crippen LogP contribution in [-0.4, -0.2) is 75.7 Å². The molecule has 3 aliphatic rings. The van der Waals surface area contributed by atoms with Crippen LogP contribution in [0, 0.1) is 17.8 Å². The highest BCUT2D eigenvalue weighted by Gasteiger charge is 2.26. The van der Waals surface area contributed by atoms with Gasteiger partial charge in [0.2, 0.25) is 5.13 Å². The highest BCUT2D eigenvalue weighted by Crippen LogP contribution is 2.37. The van der Waals surface area contributed by atoms with E-state index in [1.165, 1.54) is 36.5 Å². The number of piperidine rings is 1. The SMILES string of the molecule is COc1cnc(C(F)F)cc1-c1cc(N2C=CC(OC3CCN(C)CC3)=CC2O)ncc1C(=O)Nc1nnc(C#CC2CC2)s1. The van der Waals surface area contributed by atoms with Crippen molar-refractivity contribution in [1.82, 2.24) is 25.1 Å². The Balaban J connectivity index is 1.30. The van der Waals surface area contributed by atoms with E-state index in [4.69, 9.17) is 9.47 Å². The summed E-state index contributed by atoms with van der Waals surface area (Å²) in [7, 11) is 3.45. The average molecular weight is 636 g/mol. The molecule has 5 heterocycles. The lowest BCUT2D eigenvalue weighted by Crippen LogP contribution is -2.35. The van der Waals surface area contributed by atoms with E-state index in [9.17, 15) is 18.7 Å². The Labute approximate surface area is 262 Å². The number of aliphatic hydroxyl groups is 1. The summed E-state index contributed by atoms with van der Waals surface area (Å²) in [6.07, 6.45) is 7.39. The molecule has 0 bridgehead atoms. The molecule has 1 atom stereocenters. The van der Waals surface area contributed by atoms with Crippen LogP contribution in [0.25, 0.3) is 11.1 Å². The van der Waals surface area contributed by atoms with Crippen LogP contribution in [0.4, 0.5) is 19.7 Å². The normalized spacial score (nSPS) is 18.8. The van der Waals surface area contributed by atoms with E-state index in [0.717, 1.165) is 50.1 Å². The molecule has 0 aromatic carbocycles. The molecule has 1 aliphatic carbocycles. The molecule has 1 amide bonds. The topological polar surface area (TPSA) is 126 Å².